The lowest BCUT2D eigenvalue weighted by atomic mass is 10.1. The Balaban J connectivity index is 1.33. The van der Waals surface area contributed by atoms with Crippen molar-refractivity contribution in [2.75, 3.05) is 7.05 Å². The maximum atomic E-state index is 12.9. The highest BCUT2D eigenvalue weighted by atomic mass is 32.1. The van der Waals surface area contributed by atoms with Crippen molar-refractivity contribution in [2.45, 2.75) is 31.3 Å². The maximum Gasteiger partial charge on any atom is 0.253 e. The number of carbonyl (C=O) groups is 1. The van der Waals surface area contributed by atoms with Crippen molar-refractivity contribution in [1.82, 2.24) is 20.1 Å². The summed E-state index contributed by atoms with van der Waals surface area (Å²) in [5.74, 6) is 0.847. The van der Waals surface area contributed by atoms with E-state index in [2.05, 4.69) is 27.3 Å². The molecule has 0 spiro atoms. The Kier molecular flexibility index (Phi) is 5.11. The van der Waals surface area contributed by atoms with Crippen molar-refractivity contribution >= 4 is 17.2 Å². The fourth-order valence-corrected chi connectivity index (χ4v) is 4.72. The van der Waals surface area contributed by atoms with Crippen molar-refractivity contribution in [1.29, 1.82) is 0 Å². The lowest BCUT2D eigenvalue weighted by molar-refractivity contribution is 0.0785. The Morgan fingerprint density at radius 1 is 1.22 bits per heavy atom. The zero-order valence-electron chi connectivity index (χ0n) is 17.9. The predicted octanol–water partition coefficient (Wildman–Crippen LogP) is 4.12. The number of benzene rings is 2. The van der Waals surface area contributed by atoms with Gasteiger partial charge in [-0.15, -0.1) is 21.5 Å². The lowest BCUT2D eigenvalue weighted by Gasteiger charge is -2.16. The van der Waals surface area contributed by atoms with Crippen LogP contribution in [0.25, 0.3) is 11.5 Å². The normalized spacial score (nSPS) is 19.7. The molecule has 1 saturated carbocycles. The molecule has 32 heavy (non-hydrogen) atoms. The molecular weight excluding hydrogens is 422 g/mol. The second kappa shape index (κ2) is 7.96. The topological polar surface area (TPSA) is 98.1 Å². The summed E-state index contributed by atoms with van der Waals surface area (Å²) in [7, 11) is 1.77. The van der Waals surface area contributed by atoms with Crippen molar-refractivity contribution < 1.29 is 9.21 Å². The van der Waals surface area contributed by atoms with E-state index in [1.807, 2.05) is 42.6 Å². The zero-order valence-corrected chi connectivity index (χ0v) is 18.7. The molecule has 8 heteroatoms. The molecule has 162 valence electrons. The van der Waals surface area contributed by atoms with Crippen LogP contribution in [0.5, 0.6) is 0 Å². The Bertz CT molecular complexity index is 1270. The Labute approximate surface area is 189 Å². The van der Waals surface area contributed by atoms with Gasteiger partial charge in [0.25, 0.3) is 5.91 Å². The summed E-state index contributed by atoms with van der Waals surface area (Å²) < 4.78 is 5.96. The molecule has 7 nitrogen and oxygen atoms in total. The van der Waals surface area contributed by atoms with Crippen LogP contribution in [0.15, 0.2) is 64.4 Å². The molecule has 0 aliphatic heterocycles. The first-order valence-electron chi connectivity index (χ1n) is 10.4. The smallest absolute Gasteiger partial charge is 0.253 e. The third kappa shape index (κ3) is 3.83. The molecule has 0 saturated heterocycles. The van der Waals surface area contributed by atoms with E-state index in [0.717, 1.165) is 17.1 Å². The molecule has 2 N–H and O–H groups in total. The summed E-state index contributed by atoms with van der Waals surface area (Å²) >= 11 is 1.55. The van der Waals surface area contributed by atoms with Gasteiger partial charge in [0.1, 0.15) is 10.5 Å². The number of carbonyl (C=O) groups excluding carboxylic acids is 1. The number of thiazole rings is 1. The van der Waals surface area contributed by atoms with E-state index >= 15 is 0 Å². The minimum Gasteiger partial charge on any atom is -0.419 e. The minimum atomic E-state index is -0.647. The van der Waals surface area contributed by atoms with Crippen LogP contribution in [0.1, 0.15) is 44.9 Å². The van der Waals surface area contributed by atoms with Crippen LogP contribution in [-0.4, -0.2) is 33.0 Å². The summed E-state index contributed by atoms with van der Waals surface area (Å²) in [6.45, 7) is 2.40. The number of aryl methyl sites for hydroxylation is 1. The van der Waals surface area contributed by atoms with E-state index in [1.54, 1.807) is 35.4 Å². The molecule has 1 amide bonds. The van der Waals surface area contributed by atoms with Gasteiger partial charge in [-0.1, -0.05) is 36.4 Å². The molecule has 1 fully saturated rings. The number of amides is 1. The first-order chi connectivity index (χ1) is 15.4. The molecule has 2 heterocycles. The molecule has 2 aromatic carbocycles. The van der Waals surface area contributed by atoms with Gasteiger partial charge in [0, 0.05) is 35.2 Å². The first kappa shape index (κ1) is 20.5. The number of hydrogen-bond donors (Lipinski definition) is 1. The van der Waals surface area contributed by atoms with Crippen LogP contribution in [-0.2, 0) is 12.1 Å². The number of nitrogens with two attached hydrogens (primary N) is 1. The van der Waals surface area contributed by atoms with Gasteiger partial charge >= 0.3 is 0 Å². The van der Waals surface area contributed by atoms with Crippen LogP contribution in [0.2, 0.25) is 0 Å². The zero-order chi connectivity index (χ0) is 22.3. The summed E-state index contributed by atoms with van der Waals surface area (Å²) in [6, 6.07) is 17.3. The molecule has 0 radical (unpaired) electrons. The largest absolute Gasteiger partial charge is 0.419 e. The van der Waals surface area contributed by atoms with E-state index in [9.17, 15) is 4.79 Å². The molecule has 2 unspecified atom stereocenters. The van der Waals surface area contributed by atoms with Crippen LogP contribution < -0.4 is 5.73 Å². The summed E-state index contributed by atoms with van der Waals surface area (Å²) in [4.78, 5) is 19.0. The van der Waals surface area contributed by atoms with Gasteiger partial charge < -0.3 is 15.1 Å². The Hall–Kier alpha value is -3.36. The second-order valence-electron chi connectivity index (χ2n) is 8.24. The van der Waals surface area contributed by atoms with Gasteiger partial charge in [-0.25, -0.2) is 4.98 Å². The number of rotatable bonds is 6. The van der Waals surface area contributed by atoms with Crippen molar-refractivity contribution in [3.05, 3.63) is 87.7 Å². The van der Waals surface area contributed by atoms with Gasteiger partial charge in [-0.3, -0.25) is 4.79 Å². The van der Waals surface area contributed by atoms with Crippen LogP contribution in [0, 0.1) is 6.92 Å². The Morgan fingerprint density at radius 2 is 2.03 bits per heavy atom. The summed E-state index contributed by atoms with van der Waals surface area (Å²) in [5, 5.41) is 11.3. The van der Waals surface area contributed by atoms with Crippen LogP contribution >= 0.6 is 11.3 Å². The molecule has 1 aliphatic carbocycles. The van der Waals surface area contributed by atoms with E-state index in [1.165, 1.54) is 5.56 Å². The third-order valence-corrected chi connectivity index (χ3v) is 6.72. The van der Waals surface area contributed by atoms with E-state index in [-0.39, 0.29) is 11.8 Å². The average Bonchev–Trinajstić information content (AvgIpc) is 3.14. The van der Waals surface area contributed by atoms with Gasteiger partial charge in [0.2, 0.25) is 11.8 Å². The summed E-state index contributed by atoms with van der Waals surface area (Å²) in [5.41, 5.74) is 9.29. The lowest BCUT2D eigenvalue weighted by Crippen LogP contribution is -2.26. The second-order valence-corrected chi connectivity index (χ2v) is 9.19. The Morgan fingerprint density at radius 3 is 2.78 bits per heavy atom. The van der Waals surface area contributed by atoms with E-state index in [4.69, 9.17) is 10.2 Å². The number of aromatic nitrogens is 3. The average molecular weight is 446 g/mol. The molecule has 2 aromatic heterocycles. The van der Waals surface area contributed by atoms with Gasteiger partial charge in [-0.2, -0.15) is 0 Å². The van der Waals surface area contributed by atoms with Gasteiger partial charge in [-0.05, 0) is 37.1 Å². The molecule has 4 aromatic rings. The monoisotopic (exact) mass is 445 g/mol. The standard InChI is InChI=1S/C24H23N5O2S/c1-15-14-32-20(26-15)13-29(2)22(30)18-10-6-9-17(11-18)21-27-28-23(31-21)24(25)12-19(24)16-7-4-3-5-8-16/h3-11,14,19H,12-13,25H2,1-2H3. The van der Waals surface area contributed by atoms with E-state index in [0.29, 0.717) is 29.5 Å². The predicted molar refractivity (Wildman–Crippen MR) is 122 cm³/mol. The van der Waals surface area contributed by atoms with Gasteiger partial charge in [0.05, 0.1) is 6.54 Å². The quantitative estimate of drug-likeness (QED) is 0.479. The van der Waals surface area contributed by atoms with E-state index < -0.39 is 5.54 Å². The molecule has 0 bridgehead atoms. The molecule has 5 rings (SSSR count). The molecule has 1 aliphatic rings. The van der Waals surface area contributed by atoms with Crippen LogP contribution in [0.3, 0.4) is 0 Å². The van der Waals surface area contributed by atoms with Crippen molar-refractivity contribution in [3.63, 3.8) is 0 Å². The fraction of sp³-hybridized carbons (Fsp3) is 0.250. The third-order valence-electron chi connectivity index (χ3n) is 5.77. The highest BCUT2D eigenvalue weighted by Crippen LogP contribution is 2.56. The highest BCUT2D eigenvalue weighted by Gasteiger charge is 2.57. The van der Waals surface area contributed by atoms with Crippen molar-refractivity contribution in [2.24, 2.45) is 5.73 Å². The van der Waals surface area contributed by atoms with Crippen molar-refractivity contribution in [3.8, 4) is 11.5 Å². The minimum absolute atomic E-state index is 0.0962. The fourth-order valence-electron chi connectivity index (χ4n) is 3.90. The highest BCUT2D eigenvalue weighted by molar-refractivity contribution is 7.09. The van der Waals surface area contributed by atoms with Gasteiger partial charge in [0.15, 0.2) is 0 Å². The number of hydrogen-bond acceptors (Lipinski definition) is 7. The maximum absolute atomic E-state index is 12.9. The molecular formula is C24H23N5O2S. The SMILES string of the molecule is Cc1csc(CN(C)C(=O)c2cccc(-c3nnc(C4(N)CC4c4ccccc4)o3)c2)n1. The molecule has 2 atom stereocenters. The number of nitrogens with zero attached hydrogens (tertiary/aromatic N) is 4. The summed E-state index contributed by atoms with van der Waals surface area (Å²) in [6.07, 6.45) is 0.762. The first-order valence-corrected chi connectivity index (χ1v) is 11.3. The van der Waals surface area contributed by atoms with Crippen LogP contribution in [0.4, 0.5) is 0 Å².